The van der Waals surface area contributed by atoms with E-state index in [1.807, 2.05) is 56.0 Å². The number of amides is 1. The van der Waals surface area contributed by atoms with E-state index in [2.05, 4.69) is 9.97 Å². The molecule has 150 valence electrons. The third-order valence-corrected chi connectivity index (χ3v) is 5.72. The lowest BCUT2D eigenvalue weighted by molar-refractivity contribution is -0.143. The predicted octanol–water partition coefficient (Wildman–Crippen LogP) is 2.94. The van der Waals surface area contributed by atoms with E-state index in [9.17, 15) is 9.59 Å². The lowest BCUT2D eigenvalue weighted by Gasteiger charge is -2.35. The molecule has 28 heavy (non-hydrogen) atoms. The van der Waals surface area contributed by atoms with Crippen LogP contribution in [0.4, 0.5) is 0 Å². The topological polar surface area (TPSA) is 75.3 Å². The van der Waals surface area contributed by atoms with Crippen molar-refractivity contribution in [2.24, 2.45) is 0 Å². The van der Waals surface area contributed by atoms with Crippen LogP contribution in [0.5, 0.6) is 0 Å². The van der Waals surface area contributed by atoms with Gasteiger partial charge < -0.3 is 14.6 Å². The van der Waals surface area contributed by atoms with Crippen molar-refractivity contribution in [3.05, 3.63) is 57.5 Å². The molecule has 1 aliphatic rings. The number of benzene rings is 1. The minimum atomic E-state index is -0.153. The van der Waals surface area contributed by atoms with Crippen LogP contribution in [0.25, 0.3) is 0 Å². The van der Waals surface area contributed by atoms with Gasteiger partial charge in [0.2, 0.25) is 5.91 Å². The highest BCUT2D eigenvalue weighted by atomic mass is 32.2. The second-order valence-corrected chi connectivity index (χ2v) is 8.23. The molecule has 2 aromatic rings. The summed E-state index contributed by atoms with van der Waals surface area (Å²) < 4.78 is 5.67. The number of nitrogens with zero attached hydrogens (tertiary/aromatic N) is 2. The molecule has 1 fully saturated rings. The summed E-state index contributed by atoms with van der Waals surface area (Å²) in [6.07, 6.45) is 0.791. The van der Waals surface area contributed by atoms with Crippen LogP contribution in [0.3, 0.4) is 0 Å². The minimum Gasteiger partial charge on any atom is -0.372 e. The maximum absolute atomic E-state index is 12.5. The van der Waals surface area contributed by atoms with Crippen LogP contribution in [0.2, 0.25) is 0 Å². The highest BCUT2D eigenvalue weighted by Crippen LogP contribution is 2.19. The lowest BCUT2D eigenvalue weighted by Crippen LogP contribution is -2.48. The van der Waals surface area contributed by atoms with Gasteiger partial charge in [-0.3, -0.25) is 9.59 Å². The lowest BCUT2D eigenvalue weighted by atomic mass is 10.1. The van der Waals surface area contributed by atoms with Crippen molar-refractivity contribution in [3.63, 3.8) is 0 Å². The third kappa shape index (κ3) is 5.45. The molecule has 0 aliphatic carbocycles. The fourth-order valence-electron chi connectivity index (χ4n) is 3.44. The molecule has 6 nitrogen and oxygen atoms in total. The van der Waals surface area contributed by atoms with Crippen molar-refractivity contribution in [1.29, 1.82) is 0 Å². The van der Waals surface area contributed by atoms with Crippen LogP contribution in [-0.4, -0.2) is 46.1 Å². The summed E-state index contributed by atoms with van der Waals surface area (Å²) in [5.41, 5.74) is 2.30. The first-order valence-electron chi connectivity index (χ1n) is 9.62. The van der Waals surface area contributed by atoms with E-state index in [0.29, 0.717) is 42.3 Å². The van der Waals surface area contributed by atoms with E-state index in [-0.39, 0.29) is 23.7 Å². The van der Waals surface area contributed by atoms with Crippen molar-refractivity contribution in [2.75, 3.05) is 13.1 Å². The Morgan fingerprint density at radius 1 is 1.25 bits per heavy atom. The number of nitrogens with one attached hydrogen (secondary N) is 1. The van der Waals surface area contributed by atoms with Crippen LogP contribution in [-0.2, 0) is 21.7 Å². The molecule has 1 N–H and O–H groups in total. The van der Waals surface area contributed by atoms with E-state index in [1.165, 1.54) is 17.3 Å². The molecule has 1 amide bonds. The van der Waals surface area contributed by atoms with E-state index >= 15 is 0 Å². The molecule has 0 spiro atoms. The van der Waals surface area contributed by atoms with E-state index in [0.717, 1.165) is 5.75 Å². The first kappa shape index (κ1) is 20.6. The number of aromatic nitrogens is 2. The fourth-order valence-corrected chi connectivity index (χ4v) is 4.31. The number of carbonyl (C=O) groups is 1. The van der Waals surface area contributed by atoms with Gasteiger partial charge in [-0.05, 0) is 32.8 Å². The molecule has 0 radical (unpaired) electrons. The first-order chi connectivity index (χ1) is 13.4. The van der Waals surface area contributed by atoms with Crippen LogP contribution in [0.1, 0.15) is 37.1 Å². The number of H-pyrrole nitrogens is 1. The zero-order chi connectivity index (χ0) is 20.1. The SMILES string of the molecule is Cc1nc(SCc2ccccc2)[nH]c(=O)c1CCC(=O)N1C[C@H](C)O[C@@H](C)C1. The van der Waals surface area contributed by atoms with Crippen molar-refractivity contribution < 1.29 is 9.53 Å². The molecule has 0 bridgehead atoms. The van der Waals surface area contributed by atoms with Gasteiger partial charge in [-0.25, -0.2) is 4.98 Å². The Labute approximate surface area is 169 Å². The Balaban J connectivity index is 1.60. The molecular formula is C21H27N3O3S. The summed E-state index contributed by atoms with van der Waals surface area (Å²) in [6.45, 7) is 6.99. The molecule has 0 saturated carbocycles. The molecule has 1 aromatic carbocycles. The number of aryl methyl sites for hydroxylation is 1. The minimum absolute atomic E-state index is 0.0421. The molecule has 1 saturated heterocycles. The van der Waals surface area contributed by atoms with Crippen molar-refractivity contribution in [3.8, 4) is 0 Å². The first-order valence-corrected chi connectivity index (χ1v) is 10.6. The number of aromatic amines is 1. The molecule has 3 rings (SSSR count). The van der Waals surface area contributed by atoms with Crippen LogP contribution < -0.4 is 5.56 Å². The summed E-state index contributed by atoms with van der Waals surface area (Å²) in [6, 6.07) is 10.1. The molecular weight excluding hydrogens is 374 g/mol. The Morgan fingerprint density at radius 3 is 2.57 bits per heavy atom. The van der Waals surface area contributed by atoms with Gasteiger partial charge >= 0.3 is 0 Å². The normalized spacial score (nSPS) is 19.6. The van der Waals surface area contributed by atoms with Gasteiger partial charge in [-0.15, -0.1) is 0 Å². The standard InChI is InChI=1S/C21H27N3O3S/c1-14-11-24(12-15(2)27-14)19(25)10-9-18-16(3)22-21(23-20(18)26)28-13-17-7-5-4-6-8-17/h4-8,14-15H,9-13H2,1-3H3,(H,22,23,26)/t14-,15-/m0/s1. The fraction of sp³-hybridized carbons (Fsp3) is 0.476. The number of ether oxygens (including phenoxy) is 1. The van der Waals surface area contributed by atoms with E-state index in [1.54, 1.807) is 0 Å². The quantitative estimate of drug-likeness (QED) is 0.595. The van der Waals surface area contributed by atoms with Gasteiger partial charge in [0.1, 0.15) is 0 Å². The summed E-state index contributed by atoms with van der Waals surface area (Å²) in [5.74, 6) is 0.803. The van der Waals surface area contributed by atoms with Crippen molar-refractivity contribution in [2.45, 2.75) is 56.7 Å². The van der Waals surface area contributed by atoms with Gasteiger partial charge in [0, 0.05) is 36.5 Å². The van der Waals surface area contributed by atoms with Crippen molar-refractivity contribution in [1.82, 2.24) is 14.9 Å². The second-order valence-electron chi connectivity index (χ2n) is 7.27. The predicted molar refractivity (Wildman–Crippen MR) is 111 cm³/mol. The molecule has 2 heterocycles. The number of rotatable bonds is 6. The van der Waals surface area contributed by atoms with Crippen LogP contribution >= 0.6 is 11.8 Å². The molecule has 1 aromatic heterocycles. The number of thioether (sulfide) groups is 1. The maximum atomic E-state index is 12.5. The summed E-state index contributed by atoms with van der Waals surface area (Å²) in [7, 11) is 0. The van der Waals surface area contributed by atoms with Gasteiger partial charge in [0.15, 0.2) is 5.16 Å². The zero-order valence-electron chi connectivity index (χ0n) is 16.6. The van der Waals surface area contributed by atoms with E-state index < -0.39 is 0 Å². The van der Waals surface area contributed by atoms with Crippen LogP contribution in [0.15, 0.2) is 40.3 Å². The van der Waals surface area contributed by atoms with E-state index in [4.69, 9.17) is 4.74 Å². The zero-order valence-corrected chi connectivity index (χ0v) is 17.4. The van der Waals surface area contributed by atoms with Gasteiger partial charge in [0.05, 0.1) is 12.2 Å². The number of morpholine rings is 1. The Morgan fingerprint density at radius 2 is 1.93 bits per heavy atom. The van der Waals surface area contributed by atoms with Crippen LogP contribution in [0, 0.1) is 6.92 Å². The largest absolute Gasteiger partial charge is 0.372 e. The number of carbonyl (C=O) groups excluding carboxylic acids is 1. The monoisotopic (exact) mass is 401 g/mol. The van der Waals surface area contributed by atoms with Crippen molar-refractivity contribution >= 4 is 17.7 Å². The highest BCUT2D eigenvalue weighted by molar-refractivity contribution is 7.98. The Bertz CT molecular complexity index is 859. The average molecular weight is 402 g/mol. The maximum Gasteiger partial charge on any atom is 0.254 e. The summed E-state index contributed by atoms with van der Waals surface area (Å²) in [5, 5.41) is 0.609. The average Bonchev–Trinajstić information content (AvgIpc) is 2.65. The second kappa shape index (κ2) is 9.39. The smallest absolute Gasteiger partial charge is 0.254 e. The third-order valence-electron chi connectivity index (χ3n) is 4.78. The van der Waals surface area contributed by atoms with Gasteiger partial charge in [0.25, 0.3) is 5.56 Å². The molecule has 7 heteroatoms. The highest BCUT2D eigenvalue weighted by Gasteiger charge is 2.25. The summed E-state index contributed by atoms with van der Waals surface area (Å²) in [4.78, 5) is 34.3. The molecule has 2 atom stereocenters. The molecule has 0 unspecified atom stereocenters. The number of hydrogen-bond acceptors (Lipinski definition) is 5. The Hall–Kier alpha value is -2.12. The number of hydrogen-bond donors (Lipinski definition) is 1. The van der Waals surface area contributed by atoms with Gasteiger partial charge in [-0.1, -0.05) is 42.1 Å². The van der Waals surface area contributed by atoms with Gasteiger partial charge in [-0.2, -0.15) is 0 Å². The molecule has 1 aliphatic heterocycles. The Kier molecular flexibility index (Phi) is 6.91. The summed E-state index contributed by atoms with van der Waals surface area (Å²) >= 11 is 1.50.